The molecule has 2 nitrogen and oxygen atoms in total. The molecule has 1 atom stereocenters. The van der Waals surface area contributed by atoms with Gasteiger partial charge in [0.05, 0.1) is 12.6 Å². The Kier molecular flexibility index (Phi) is 4.44. The van der Waals surface area contributed by atoms with Gasteiger partial charge in [-0.25, -0.2) is 0 Å². The average Bonchev–Trinajstić information content (AvgIpc) is 3.37. The second-order valence-electron chi connectivity index (χ2n) is 5.74. The number of hydrogen-bond acceptors (Lipinski definition) is 2. The van der Waals surface area contributed by atoms with Crippen molar-refractivity contribution in [1.29, 1.82) is 0 Å². The maximum absolute atomic E-state index is 5.63. The Labute approximate surface area is 127 Å². The summed E-state index contributed by atoms with van der Waals surface area (Å²) in [5.74, 6) is 1.72. The monoisotopic (exact) mass is 281 g/mol. The highest BCUT2D eigenvalue weighted by molar-refractivity contribution is 5.48. The third-order valence-corrected chi connectivity index (χ3v) is 3.90. The molecule has 1 fully saturated rings. The minimum atomic E-state index is 0.425. The molecule has 0 aromatic heterocycles. The van der Waals surface area contributed by atoms with Gasteiger partial charge >= 0.3 is 0 Å². The summed E-state index contributed by atoms with van der Waals surface area (Å²) >= 11 is 0. The SMILES string of the molecule is CCCOc1ccc(NC(c2ccccc2)C2CC2)cc1. The van der Waals surface area contributed by atoms with Gasteiger partial charge in [0, 0.05) is 5.69 Å². The Bertz CT molecular complexity index is 546. The van der Waals surface area contributed by atoms with Gasteiger partial charge in [0.2, 0.25) is 0 Å². The summed E-state index contributed by atoms with van der Waals surface area (Å²) in [6.07, 6.45) is 3.69. The van der Waals surface area contributed by atoms with Crippen LogP contribution in [0.4, 0.5) is 5.69 Å². The van der Waals surface area contributed by atoms with Crippen LogP contribution in [0.2, 0.25) is 0 Å². The van der Waals surface area contributed by atoms with E-state index in [-0.39, 0.29) is 0 Å². The van der Waals surface area contributed by atoms with Crippen molar-refractivity contribution in [2.24, 2.45) is 5.92 Å². The summed E-state index contributed by atoms with van der Waals surface area (Å²) in [5, 5.41) is 3.68. The molecule has 3 rings (SSSR count). The molecule has 2 aromatic carbocycles. The molecule has 0 amide bonds. The third-order valence-electron chi connectivity index (χ3n) is 3.90. The zero-order chi connectivity index (χ0) is 14.5. The first-order valence-corrected chi connectivity index (χ1v) is 7.91. The Morgan fingerprint density at radius 3 is 2.38 bits per heavy atom. The molecule has 0 aliphatic heterocycles. The first-order valence-electron chi connectivity index (χ1n) is 7.91. The van der Waals surface area contributed by atoms with E-state index in [0.717, 1.165) is 24.7 Å². The summed E-state index contributed by atoms with van der Waals surface area (Å²) in [6.45, 7) is 2.90. The Morgan fingerprint density at radius 2 is 1.76 bits per heavy atom. The lowest BCUT2D eigenvalue weighted by molar-refractivity contribution is 0.317. The van der Waals surface area contributed by atoms with Crippen LogP contribution in [0.1, 0.15) is 37.8 Å². The standard InChI is InChI=1S/C19H23NO/c1-2-14-21-18-12-10-17(11-13-18)20-19(16-8-9-16)15-6-4-3-5-7-15/h3-7,10-13,16,19-20H,2,8-9,14H2,1H3. The summed E-state index contributed by atoms with van der Waals surface area (Å²) in [5.41, 5.74) is 2.55. The molecule has 2 heteroatoms. The number of nitrogens with one attached hydrogen (secondary N) is 1. The van der Waals surface area contributed by atoms with E-state index in [0.29, 0.717) is 6.04 Å². The van der Waals surface area contributed by atoms with E-state index in [9.17, 15) is 0 Å². The van der Waals surface area contributed by atoms with Gasteiger partial charge in [-0.05, 0) is 55.0 Å². The largest absolute Gasteiger partial charge is 0.494 e. The maximum Gasteiger partial charge on any atom is 0.119 e. The number of anilines is 1. The second kappa shape index (κ2) is 6.66. The van der Waals surface area contributed by atoms with Crippen molar-refractivity contribution in [3.8, 4) is 5.75 Å². The van der Waals surface area contributed by atoms with Gasteiger partial charge in [-0.1, -0.05) is 37.3 Å². The van der Waals surface area contributed by atoms with E-state index < -0.39 is 0 Å². The summed E-state index contributed by atoms with van der Waals surface area (Å²) < 4.78 is 5.63. The van der Waals surface area contributed by atoms with Crippen LogP contribution in [0, 0.1) is 5.92 Å². The van der Waals surface area contributed by atoms with Gasteiger partial charge in [0.1, 0.15) is 5.75 Å². The molecular weight excluding hydrogens is 258 g/mol. The lowest BCUT2D eigenvalue weighted by Crippen LogP contribution is -2.12. The van der Waals surface area contributed by atoms with Crippen molar-refractivity contribution in [3.63, 3.8) is 0 Å². The number of hydrogen-bond donors (Lipinski definition) is 1. The molecule has 0 radical (unpaired) electrons. The van der Waals surface area contributed by atoms with E-state index in [1.807, 2.05) is 12.1 Å². The van der Waals surface area contributed by atoms with E-state index in [2.05, 4.69) is 54.7 Å². The molecule has 110 valence electrons. The topological polar surface area (TPSA) is 21.3 Å². The van der Waals surface area contributed by atoms with Crippen LogP contribution in [0.5, 0.6) is 5.75 Å². The predicted octanol–water partition coefficient (Wildman–Crippen LogP) is 5.04. The number of rotatable bonds is 7. The fourth-order valence-electron chi connectivity index (χ4n) is 2.61. The lowest BCUT2D eigenvalue weighted by atomic mass is 10.0. The minimum absolute atomic E-state index is 0.425. The molecule has 1 N–H and O–H groups in total. The zero-order valence-electron chi connectivity index (χ0n) is 12.6. The van der Waals surface area contributed by atoms with Crippen molar-refractivity contribution in [2.75, 3.05) is 11.9 Å². The minimum Gasteiger partial charge on any atom is -0.494 e. The summed E-state index contributed by atoms with van der Waals surface area (Å²) in [4.78, 5) is 0. The summed E-state index contributed by atoms with van der Waals surface area (Å²) in [7, 11) is 0. The number of benzene rings is 2. The first kappa shape index (κ1) is 14.0. The van der Waals surface area contributed by atoms with Gasteiger partial charge in [0.15, 0.2) is 0 Å². The van der Waals surface area contributed by atoms with Crippen LogP contribution in [-0.2, 0) is 0 Å². The van der Waals surface area contributed by atoms with Crippen molar-refractivity contribution >= 4 is 5.69 Å². The van der Waals surface area contributed by atoms with Gasteiger partial charge in [0.25, 0.3) is 0 Å². The Hall–Kier alpha value is -1.96. The highest BCUT2D eigenvalue weighted by Crippen LogP contribution is 2.42. The molecule has 1 saturated carbocycles. The molecule has 2 aromatic rings. The van der Waals surface area contributed by atoms with Crippen LogP contribution in [-0.4, -0.2) is 6.61 Å². The van der Waals surface area contributed by atoms with Crippen LogP contribution < -0.4 is 10.1 Å². The van der Waals surface area contributed by atoms with Crippen LogP contribution in [0.15, 0.2) is 54.6 Å². The van der Waals surface area contributed by atoms with Crippen molar-refractivity contribution in [1.82, 2.24) is 0 Å². The second-order valence-corrected chi connectivity index (χ2v) is 5.74. The van der Waals surface area contributed by atoms with Crippen molar-refractivity contribution < 1.29 is 4.74 Å². The van der Waals surface area contributed by atoms with Gasteiger partial charge in [-0.3, -0.25) is 0 Å². The molecule has 0 spiro atoms. The molecule has 1 aliphatic carbocycles. The Balaban J connectivity index is 1.68. The molecule has 21 heavy (non-hydrogen) atoms. The zero-order valence-corrected chi connectivity index (χ0v) is 12.6. The fraction of sp³-hybridized carbons (Fsp3) is 0.368. The Morgan fingerprint density at radius 1 is 1.05 bits per heavy atom. The van der Waals surface area contributed by atoms with Gasteiger partial charge in [-0.15, -0.1) is 0 Å². The van der Waals surface area contributed by atoms with Crippen molar-refractivity contribution in [2.45, 2.75) is 32.2 Å². The van der Waals surface area contributed by atoms with Crippen molar-refractivity contribution in [3.05, 3.63) is 60.2 Å². The molecule has 0 saturated heterocycles. The van der Waals surface area contributed by atoms with E-state index in [4.69, 9.17) is 4.74 Å². The lowest BCUT2D eigenvalue weighted by Gasteiger charge is -2.20. The van der Waals surface area contributed by atoms with E-state index >= 15 is 0 Å². The van der Waals surface area contributed by atoms with Crippen LogP contribution in [0.3, 0.4) is 0 Å². The molecule has 0 heterocycles. The van der Waals surface area contributed by atoms with Crippen LogP contribution >= 0.6 is 0 Å². The average molecular weight is 281 g/mol. The quantitative estimate of drug-likeness (QED) is 0.767. The molecule has 1 aliphatic rings. The van der Waals surface area contributed by atoms with Gasteiger partial charge in [-0.2, -0.15) is 0 Å². The molecule has 0 bridgehead atoms. The molecule has 1 unspecified atom stereocenters. The highest BCUT2D eigenvalue weighted by Gasteiger charge is 2.32. The normalized spacial score (nSPS) is 15.5. The maximum atomic E-state index is 5.63. The smallest absolute Gasteiger partial charge is 0.119 e. The van der Waals surface area contributed by atoms with E-state index in [1.165, 1.54) is 24.1 Å². The highest BCUT2D eigenvalue weighted by atomic mass is 16.5. The number of ether oxygens (including phenoxy) is 1. The summed E-state index contributed by atoms with van der Waals surface area (Å²) in [6, 6.07) is 19.5. The third kappa shape index (κ3) is 3.78. The van der Waals surface area contributed by atoms with E-state index in [1.54, 1.807) is 0 Å². The predicted molar refractivity (Wildman–Crippen MR) is 87.8 cm³/mol. The molecular formula is C19H23NO. The van der Waals surface area contributed by atoms with Crippen LogP contribution in [0.25, 0.3) is 0 Å². The first-order chi connectivity index (χ1) is 10.4. The fourth-order valence-corrected chi connectivity index (χ4v) is 2.61. The van der Waals surface area contributed by atoms with Gasteiger partial charge < -0.3 is 10.1 Å².